The second-order valence-corrected chi connectivity index (χ2v) is 5.89. The molecule has 19 heavy (non-hydrogen) atoms. The first-order valence-electron chi connectivity index (χ1n) is 6.26. The number of nitrogens with one attached hydrogen (secondary N) is 1. The smallest absolute Gasteiger partial charge is 0.251 e. The Morgan fingerprint density at radius 3 is 2.84 bits per heavy atom. The summed E-state index contributed by atoms with van der Waals surface area (Å²) in [5, 5.41) is 5.83. The standard InChI is InChI=1S/C15H16NO2S/c1-10(2)7-13(9-17)16-15(18)12-4-3-11-5-6-19-14(11)8-12/h3-6,8,10,13H,7H2,1-2H3,(H,16,18)/t13-/m0/s1. The monoisotopic (exact) mass is 274 g/mol. The van der Waals surface area contributed by atoms with Crippen LogP contribution in [0.5, 0.6) is 0 Å². The van der Waals surface area contributed by atoms with E-state index in [1.165, 1.54) is 0 Å². The lowest BCUT2D eigenvalue weighted by Crippen LogP contribution is -2.36. The molecule has 1 atom stereocenters. The minimum absolute atomic E-state index is 0.218. The summed E-state index contributed by atoms with van der Waals surface area (Å²) in [4.78, 5) is 22.9. The van der Waals surface area contributed by atoms with E-state index in [1.54, 1.807) is 17.4 Å². The van der Waals surface area contributed by atoms with E-state index in [1.807, 2.05) is 43.7 Å². The average molecular weight is 274 g/mol. The first kappa shape index (κ1) is 13.7. The predicted molar refractivity (Wildman–Crippen MR) is 78.2 cm³/mol. The molecule has 1 radical (unpaired) electrons. The number of rotatable bonds is 5. The minimum atomic E-state index is -0.536. The summed E-state index contributed by atoms with van der Waals surface area (Å²) in [6, 6.07) is 7.03. The molecule has 0 aliphatic rings. The maximum atomic E-state index is 12.1. The van der Waals surface area contributed by atoms with Crippen LogP contribution in [0.2, 0.25) is 0 Å². The molecule has 0 spiro atoms. The van der Waals surface area contributed by atoms with Gasteiger partial charge in [-0.3, -0.25) is 9.59 Å². The van der Waals surface area contributed by atoms with Gasteiger partial charge in [-0.25, -0.2) is 0 Å². The van der Waals surface area contributed by atoms with Crippen molar-refractivity contribution in [2.75, 3.05) is 0 Å². The van der Waals surface area contributed by atoms with Crippen LogP contribution < -0.4 is 5.32 Å². The van der Waals surface area contributed by atoms with Gasteiger partial charge in [0.2, 0.25) is 6.29 Å². The van der Waals surface area contributed by atoms with Crippen LogP contribution in [0.4, 0.5) is 0 Å². The Hall–Kier alpha value is -1.68. The van der Waals surface area contributed by atoms with Crippen molar-refractivity contribution in [1.82, 2.24) is 5.32 Å². The van der Waals surface area contributed by atoms with Crippen molar-refractivity contribution in [2.45, 2.75) is 26.3 Å². The molecule has 4 heteroatoms. The number of hydrogen-bond acceptors (Lipinski definition) is 3. The zero-order valence-corrected chi connectivity index (χ0v) is 11.8. The molecule has 1 heterocycles. The highest BCUT2D eigenvalue weighted by Crippen LogP contribution is 2.21. The van der Waals surface area contributed by atoms with Gasteiger partial charge in [0.25, 0.3) is 5.91 Å². The highest BCUT2D eigenvalue weighted by atomic mass is 32.1. The van der Waals surface area contributed by atoms with Crippen molar-refractivity contribution in [1.29, 1.82) is 0 Å². The van der Waals surface area contributed by atoms with Crippen molar-refractivity contribution in [3.05, 3.63) is 35.2 Å². The van der Waals surface area contributed by atoms with Gasteiger partial charge in [-0.1, -0.05) is 19.9 Å². The number of benzene rings is 1. The van der Waals surface area contributed by atoms with Gasteiger partial charge >= 0.3 is 0 Å². The van der Waals surface area contributed by atoms with Gasteiger partial charge in [-0.15, -0.1) is 11.3 Å². The lowest BCUT2D eigenvalue weighted by Gasteiger charge is -2.14. The minimum Gasteiger partial charge on any atom is -0.342 e. The fourth-order valence-electron chi connectivity index (χ4n) is 1.95. The van der Waals surface area contributed by atoms with Crippen molar-refractivity contribution < 1.29 is 9.59 Å². The molecular formula is C15H16NO2S. The van der Waals surface area contributed by atoms with E-state index in [0.29, 0.717) is 17.9 Å². The van der Waals surface area contributed by atoms with Gasteiger partial charge in [0.15, 0.2) is 0 Å². The molecule has 0 aliphatic carbocycles. The molecule has 2 rings (SSSR count). The number of amides is 1. The van der Waals surface area contributed by atoms with Gasteiger partial charge in [0.05, 0.1) is 6.04 Å². The van der Waals surface area contributed by atoms with E-state index in [9.17, 15) is 9.59 Å². The van der Waals surface area contributed by atoms with Crippen molar-refractivity contribution in [2.24, 2.45) is 5.92 Å². The van der Waals surface area contributed by atoms with Crippen molar-refractivity contribution >= 4 is 33.6 Å². The quantitative estimate of drug-likeness (QED) is 0.910. The topological polar surface area (TPSA) is 46.2 Å². The number of fused-ring (bicyclic) bond motifs is 1. The molecule has 2 aromatic rings. The zero-order chi connectivity index (χ0) is 13.8. The molecule has 0 fully saturated rings. The van der Waals surface area contributed by atoms with Crippen molar-refractivity contribution in [3.63, 3.8) is 0 Å². The molecule has 3 nitrogen and oxygen atoms in total. The lowest BCUT2D eigenvalue weighted by atomic mass is 10.0. The van der Waals surface area contributed by atoms with E-state index in [4.69, 9.17) is 0 Å². The third kappa shape index (κ3) is 3.41. The summed E-state index contributed by atoms with van der Waals surface area (Å²) >= 11 is 1.60. The molecule has 1 amide bonds. The van der Waals surface area contributed by atoms with Gasteiger partial charge in [0, 0.05) is 10.3 Å². The normalized spacial score (nSPS) is 12.6. The van der Waals surface area contributed by atoms with Gasteiger partial charge in [-0.2, -0.15) is 0 Å². The van der Waals surface area contributed by atoms with E-state index in [-0.39, 0.29) is 5.91 Å². The van der Waals surface area contributed by atoms with Gasteiger partial charge < -0.3 is 5.32 Å². The van der Waals surface area contributed by atoms with Gasteiger partial charge in [0.1, 0.15) is 0 Å². The number of carbonyl (C=O) groups excluding carboxylic acids is 2. The zero-order valence-electron chi connectivity index (χ0n) is 11.0. The third-order valence-corrected chi connectivity index (χ3v) is 3.75. The fourth-order valence-corrected chi connectivity index (χ4v) is 2.77. The molecule has 0 unspecified atom stereocenters. The molecule has 0 saturated heterocycles. The summed E-state index contributed by atoms with van der Waals surface area (Å²) < 4.78 is 1.07. The maximum absolute atomic E-state index is 12.1. The van der Waals surface area contributed by atoms with Crippen LogP contribution in [0.15, 0.2) is 29.6 Å². The largest absolute Gasteiger partial charge is 0.342 e. The van der Waals surface area contributed by atoms with E-state index >= 15 is 0 Å². The number of carbonyl (C=O) groups is 1. The second kappa shape index (κ2) is 5.97. The Kier molecular flexibility index (Phi) is 4.32. The summed E-state index contributed by atoms with van der Waals surface area (Å²) in [5.41, 5.74) is 0.582. The van der Waals surface area contributed by atoms with Crippen LogP contribution in [-0.2, 0) is 4.79 Å². The summed E-state index contributed by atoms with van der Waals surface area (Å²) in [6.07, 6.45) is 2.49. The Morgan fingerprint density at radius 1 is 1.37 bits per heavy atom. The molecule has 0 aliphatic heterocycles. The molecule has 1 N–H and O–H groups in total. The van der Waals surface area contributed by atoms with E-state index in [0.717, 1.165) is 10.1 Å². The Balaban J connectivity index is 2.11. The summed E-state index contributed by atoms with van der Waals surface area (Å²) in [6.45, 7) is 4.02. The summed E-state index contributed by atoms with van der Waals surface area (Å²) in [7, 11) is 0. The molecule has 1 aromatic carbocycles. The second-order valence-electron chi connectivity index (χ2n) is 4.95. The maximum Gasteiger partial charge on any atom is 0.251 e. The number of hydrogen-bond donors (Lipinski definition) is 1. The van der Waals surface area contributed by atoms with Crippen LogP contribution in [0.1, 0.15) is 30.6 Å². The van der Waals surface area contributed by atoms with E-state index in [2.05, 4.69) is 5.32 Å². The number of thiophene rings is 1. The van der Waals surface area contributed by atoms with Gasteiger partial charge in [-0.05, 0) is 41.3 Å². The molecular weight excluding hydrogens is 258 g/mol. The van der Waals surface area contributed by atoms with Crippen LogP contribution >= 0.6 is 11.3 Å². The Labute approximate surface area is 116 Å². The average Bonchev–Trinajstić information content (AvgIpc) is 2.84. The fraction of sp³-hybridized carbons (Fsp3) is 0.333. The highest BCUT2D eigenvalue weighted by molar-refractivity contribution is 7.17. The first-order chi connectivity index (χ1) is 9.10. The summed E-state index contributed by atoms with van der Waals surface area (Å²) in [5.74, 6) is 0.121. The molecule has 1 aromatic heterocycles. The molecule has 99 valence electrons. The lowest BCUT2D eigenvalue weighted by molar-refractivity contribution is 0.0943. The van der Waals surface area contributed by atoms with Crippen LogP contribution in [0, 0.1) is 5.92 Å². The van der Waals surface area contributed by atoms with Crippen molar-refractivity contribution in [3.8, 4) is 0 Å². The van der Waals surface area contributed by atoms with Crippen LogP contribution in [-0.4, -0.2) is 18.2 Å². The Morgan fingerprint density at radius 2 is 2.16 bits per heavy atom. The van der Waals surface area contributed by atoms with Crippen LogP contribution in [0.25, 0.3) is 10.1 Å². The molecule has 0 saturated carbocycles. The highest BCUT2D eigenvalue weighted by Gasteiger charge is 2.15. The van der Waals surface area contributed by atoms with Crippen LogP contribution in [0.3, 0.4) is 0 Å². The SMILES string of the molecule is CC(C)C[C@@H]([C]=O)NC(=O)c1ccc2ccsc2c1. The Bertz CT molecular complexity index is 589. The predicted octanol–water partition coefficient (Wildman–Crippen LogP) is 3.16. The third-order valence-electron chi connectivity index (χ3n) is 2.87. The molecule has 0 bridgehead atoms. The first-order valence-corrected chi connectivity index (χ1v) is 7.14. The van der Waals surface area contributed by atoms with E-state index < -0.39 is 6.04 Å².